The molecule has 1 aliphatic rings. The van der Waals surface area contributed by atoms with Gasteiger partial charge in [0, 0.05) is 39.3 Å². The summed E-state index contributed by atoms with van der Waals surface area (Å²) in [5.41, 5.74) is 0. The monoisotopic (exact) mass is 343 g/mol. The third kappa shape index (κ3) is 7.49. The zero-order chi connectivity index (χ0) is 17.8. The van der Waals surface area contributed by atoms with Crippen LogP contribution in [0.5, 0.6) is 0 Å². The molecular weight excluding hydrogens is 314 g/mol. The molecule has 0 unspecified atom stereocenters. The fraction of sp³-hybridized carbons (Fsp3) is 0.800. The van der Waals surface area contributed by atoms with Crippen molar-refractivity contribution < 1.29 is 19.1 Å². The van der Waals surface area contributed by atoms with Crippen LogP contribution in [-0.4, -0.2) is 82.5 Å². The van der Waals surface area contributed by atoms with Gasteiger partial charge in [0.1, 0.15) is 6.54 Å². The summed E-state index contributed by atoms with van der Waals surface area (Å²) < 4.78 is 9.61. The van der Waals surface area contributed by atoms with Crippen LogP contribution in [0.4, 0.5) is 4.79 Å². The standard InChI is InChI=1S/C15H29N5O4/c1-4-16-14(18-11-13(21)17-7-10-23-2)19-12-5-8-20(9-6-12)15(22)24-3/h12H,4-11H2,1-3H3,(H,17,21)(H2,16,18,19). The van der Waals surface area contributed by atoms with Crippen LogP contribution < -0.4 is 16.0 Å². The van der Waals surface area contributed by atoms with E-state index in [0.717, 1.165) is 12.8 Å². The number of rotatable bonds is 7. The van der Waals surface area contributed by atoms with Crippen LogP contribution in [0.2, 0.25) is 0 Å². The number of piperidine rings is 1. The highest BCUT2D eigenvalue weighted by atomic mass is 16.5. The Hall–Kier alpha value is -2.03. The van der Waals surface area contributed by atoms with Gasteiger partial charge in [-0.05, 0) is 19.8 Å². The molecule has 1 rings (SSSR count). The molecule has 0 radical (unpaired) electrons. The molecule has 0 aliphatic carbocycles. The lowest BCUT2D eigenvalue weighted by molar-refractivity contribution is -0.119. The van der Waals surface area contributed by atoms with E-state index in [9.17, 15) is 9.59 Å². The summed E-state index contributed by atoms with van der Waals surface area (Å²) in [5, 5.41) is 9.16. The molecule has 1 heterocycles. The average molecular weight is 343 g/mol. The van der Waals surface area contributed by atoms with Gasteiger partial charge >= 0.3 is 6.09 Å². The van der Waals surface area contributed by atoms with E-state index in [1.807, 2.05) is 6.92 Å². The summed E-state index contributed by atoms with van der Waals surface area (Å²) in [6.45, 7) is 4.96. The van der Waals surface area contributed by atoms with Crippen molar-refractivity contribution in [1.82, 2.24) is 20.9 Å². The van der Waals surface area contributed by atoms with E-state index >= 15 is 0 Å². The smallest absolute Gasteiger partial charge is 0.409 e. The third-order valence-electron chi connectivity index (χ3n) is 3.62. The molecule has 0 bridgehead atoms. The van der Waals surface area contributed by atoms with Gasteiger partial charge in [0.25, 0.3) is 0 Å². The average Bonchev–Trinajstić information content (AvgIpc) is 2.60. The first-order valence-corrected chi connectivity index (χ1v) is 8.24. The minimum Gasteiger partial charge on any atom is -0.453 e. The fourth-order valence-electron chi connectivity index (χ4n) is 2.35. The van der Waals surface area contributed by atoms with Crippen LogP contribution in [0.1, 0.15) is 19.8 Å². The summed E-state index contributed by atoms with van der Waals surface area (Å²) in [6.07, 6.45) is 1.32. The predicted molar refractivity (Wildman–Crippen MR) is 91.0 cm³/mol. The highest BCUT2D eigenvalue weighted by Crippen LogP contribution is 2.11. The zero-order valence-corrected chi connectivity index (χ0v) is 14.8. The largest absolute Gasteiger partial charge is 0.453 e. The number of nitrogens with one attached hydrogen (secondary N) is 3. The second-order valence-corrected chi connectivity index (χ2v) is 5.41. The van der Waals surface area contributed by atoms with Gasteiger partial charge in [0.15, 0.2) is 5.96 Å². The number of amides is 2. The number of nitrogens with zero attached hydrogens (tertiary/aromatic N) is 2. The van der Waals surface area contributed by atoms with Gasteiger partial charge in [0.05, 0.1) is 13.7 Å². The molecule has 3 N–H and O–H groups in total. The summed E-state index contributed by atoms with van der Waals surface area (Å²) in [5.74, 6) is 0.459. The minimum absolute atomic E-state index is 0.0556. The lowest BCUT2D eigenvalue weighted by atomic mass is 10.1. The van der Waals surface area contributed by atoms with Crippen LogP contribution in [0.3, 0.4) is 0 Å². The molecule has 1 aliphatic heterocycles. The first-order valence-electron chi connectivity index (χ1n) is 8.24. The van der Waals surface area contributed by atoms with Crippen LogP contribution >= 0.6 is 0 Å². The molecule has 9 heteroatoms. The molecule has 2 amide bonds. The van der Waals surface area contributed by atoms with E-state index in [4.69, 9.17) is 9.47 Å². The number of likely N-dealkylation sites (tertiary alicyclic amines) is 1. The van der Waals surface area contributed by atoms with Crippen molar-refractivity contribution in [1.29, 1.82) is 0 Å². The van der Waals surface area contributed by atoms with Crippen molar-refractivity contribution in [2.45, 2.75) is 25.8 Å². The molecule has 1 saturated heterocycles. The Balaban J connectivity index is 2.41. The molecule has 138 valence electrons. The van der Waals surface area contributed by atoms with Gasteiger partial charge in [0.2, 0.25) is 5.91 Å². The normalized spacial score (nSPS) is 15.8. The maximum atomic E-state index is 11.7. The molecule has 0 spiro atoms. The van der Waals surface area contributed by atoms with E-state index in [2.05, 4.69) is 20.9 Å². The maximum Gasteiger partial charge on any atom is 0.409 e. The quantitative estimate of drug-likeness (QED) is 0.328. The highest BCUT2D eigenvalue weighted by Gasteiger charge is 2.23. The minimum atomic E-state index is -0.290. The van der Waals surface area contributed by atoms with E-state index in [1.165, 1.54) is 7.11 Å². The van der Waals surface area contributed by atoms with E-state index in [-0.39, 0.29) is 24.6 Å². The van der Waals surface area contributed by atoms with Crippen LogP contribution in [0, 0.1) is 0 Å². The Labute approximate surface area is 143 Å². The molecule has 24 heavy (non-hydrogen) atoms. The SMILES string of the molecule is CCNC(=NCC(=O)NCCOC)NC1CCN(C(=O)OC)CC1. The van der Waals surface area contributed by atoms with Crippen LogP contribution in [-0.2, 0) is 14.3 Å². The number of methoxy groups -OCH3 is 2. The third-order valence-corrected chi connectivity index (χ3v) is 3.62. The van der Waals surface area contributed by atoms with Gasteiger partial charge in [-0.3, -0.25) is 4.79 Å². The Bertz CT molecular complexity index is 422. The highest BCUT2D eigenvalue weighted by molar-refractivity contribution is 5.85. The van der Waals surface area contributed by atoms with Gasteiger partial charge in [-0.25, -0.2) is 9.79 Å². The zero-order valence-electron chi connectivity index (χ0n) is 14.8. The summed E-state index contributed by atoms with van der Waals surface area (Å²) in [7, 11) is 2.98. The number of carbonyl (C=O) groups excluding carboxylic acids is 2. The van der Waals surface area contributed by atoms with E-state index < -0.39 is 0 Å². The van der Waals surface area contributed by atoms with Crippen molar-refractivity contribution in [3.63, 3.8) is 0 Å². The van der Waals surface area contributed by atoms with Gasteiger partial charge < -0.3 is 30.3 Å². The summed E-state index contributed by atoms with van der Waals surface area (Å²) in [4.78, 5) is 29.1. The van der Waals surface area contributed by atoms with Crippen molar-refractivity contribution in [3.8, 4) is 0 Å². The lowest BCUT2D eigenvalue weighted by Gasteiger charge is -2.32. The predicted octanol–water partition coefficient (Wildman–Crippen LogP) is -0.465. The number of guanidine groups is 1. The Morgan fingerprint density at radius 3 is 2.50 bits per heavy atom. The molecule has 1 fully saturated rings. The molecule has 0 saturated carbocycles. The summed E-state index contributed by atoms with van der Waals surface area (Å²) in [6, 6.07) is 0.209. The molecule has 0 atom stereocenters. The van der Waals surface area contributed by atoms with E-state index in [0.29, 0.717) is 38.7 Å². The van der Waals surface area contributed by atoms with Gasteiger partial charge in [-0.1, -0.05) is 0 Å². The fourth-order valence-corrected chi connectivity index (χ4v) is 2.35. The second-order valence-electron chi connectivity index (χ2n) is 5.41. The van der Waals surface area contributed by atoms with Crippen molar-refractivity contribution in [3.05, 3.63) is 0 Å². The van der Waals surface area contributed by atoms with Crippen molar-refractivity contribution in [2.75, 3.05) is 53.6 Å². The molecule has 0 aromatic rings. The Kier molecular flexibility index (Phi) is 9.59. The first kappa shape index (κ1) is 20.0. The molecule has 0 aromatic heterocycles. The van der Waals surface area contributed by atoms with Crippen molar-refractivity contribution >= 4 is 18.0 Å². The molecular formula is C15H29N5O4. The first-order chi connectivity index (χ1) is 11.6. The maximum absolute atomic E-state index is 11.7. The number of hydrogen-bond acceptors (Lipinski definition) is 5. The van der Waals surface area contributed by atoms with Crippen LogP contribution in [0.25, 0.3) is 0 Å². The Morgan fingerprint density at radius 1 is 1.21 bits per heavy atom. The number of carbonyl (C=O) groups is 2. The number of hydrogen-bond donors (Lipinski definition) is 3. The second kappa shape index (κ2) is 11.5. The van der Waals surface area contributed by atoms with Gasteiger partial charge in [-0.2, -0.15) is 0 Å². The molecule has 9 nitrogen and oxygen atoms in total. The number of aliphatic imine (C=N–C) groups is 1. The van der Waals surface area contributed by atoms with E-state index in [1.54, 1.807) is 12.0 Å². The van der Waals surface area contributed by atoms with Crippen molar-refractivity contribution in [2.24, 2.45) is 4.99 Å². The Morgan fingerprint density at radius 2 is 1.92 bits per heavy atom. The molecule has 0 aromatic carbocycles. The number of ether oxygens (including phenoxy) is 2. The van der Waals surface area contributed by atoms with Crippen LogP contribution in [0.15, 0.2) is 4.99 Å². The van der Waals surface area contributed by atoms with Gasteiger partial charge in [-0.15, -0.1) is 0 Å². The summed E-state index contributed by atoms with van der Waals surface area (Å²) >= 11 is 0. The topological polar surface area (TPSA) is 104 Å². The lowest BCUT2D eigenvalue weighted by Crippen LogP contribution is -2.50.